The summed E-state index contributed by atoms with van der Waals surface area (Å²) in [4.78, 5) is 30.4. The van der Waals surface area contributed by atoms with E-state index in [-0.39, 0.29) is 31.2 Å². The molecule has 0 bridgehead atoms. The molecular weight excluding hydrogens is 446 g/mol. The third kappa shape index (κ3) is 4.43. The molecule has 0 aliphatic carbocycles. The molecular formula is C27H33N3O5. The molecule has 0 radical (unpaired) electrons. The van der Waals surface area contributed by atoms with Gasteiger partial charge >= 0.3 is 6.03 Å². The highest BCUT2D eigenvalue weighted by atomic mass is 16.7. The largest absolute Gasteiger partial charge is 0.494 e. The van der Waals surface area contributed by atoms with Crippen molar-refractivity contribution in [1.29, 1.82) is 0 Å². The van der Waals surface area contributed by atoms with E-state index in [0.717, 1.165) is 43.8 Å². The maximum atomic E-state index is 13.7. The van der Waals surface area contributed by atoms with E-state index in [4.69, 9.17) is 14.2 Å². The van der Waals surface area contributed by atoms with Crippen molar-refractivity contribution in [2.24, 2.45) is 5.92 Å². The first-order valence-electron chi connectivity index (χ1n) is 12.5. The van der Waals surface area contributed by atoms with E-state index < -0.39 is 5.54 Å². The van der Waals surface area contributed by atoms with Crippen molar-refractivity contribution < 1.29 is 23.8 Å². The number of likely N-dealkylation sites (tertiary alicyclic amines) is 1. The van der Waals surface area contributed by atoms with Crippen LogP contribution in [0.25, 0.3) is 0 Å². The van der Waals surface area contributed by atoms with Crippen molar-refractivity contribution in [3.8, 4) is 17.2 Å². The minimum Gasteiger partial charge on any atom is -0.494 e. The van der Waals surface area contributed by atoms with Crippen LogP contribution in [0.1, 0.15) is 44.2 Å². The maximum absolute atomic E-state index is 13.7. The number of nitrogens with zero attached hydrogens (tertiary/aromatic N) is 2. The predicted octanol–water partition coefficient (Wildman–Crippen LogP) is 3.93. The number of urea groups is 1. The van der Waals surface area contributed by atoms with E-state index in [2.05, 4.69) is 16.3 Å². The van der Waals surface area contributed by atoms with Crippen molar-refractivity contribution in [2.75, 3.05) is 26.5 Å². The van der Waals surface area contributed by atoms with Crippen LogP contribution >= 0.6 is 0 Å². The number of carbonyl (C=O) groups is 2. The van der Waals surface area contributed by atoms with Crippen molar-refractivity contribution in [3.05, 3.63) is 53.6 Å². The Morgan fingerprint density at radius 1 is 1.03 bits per heavy atom. The molecule has 3 heterocycles. The highest BCUT2D eigenvalue weighted by Crippen LogP contribution is 2.38. The maximum Gasteiger partial charge on any atom is 0.325 e. The summed E-state index contributed by atoms with van der Waals surface area (Å²) in [7, 11) is 0. The van der Waals surface area contributed by atoms with Gasteiger partial charge in [-0.2, -0.15) is 0 Å². The number of ether oxygens (including phenoxy) is 3. The molecule has 5 rings (SSSR count). The summed E-state index contributed by atoms with van der Waals surface area (Å²) < 4.78 is 16.6. The number of hydrogen-bond acceptors (Lipinski definition) is 6. The Bertz CT molecular complexity index is 1100. The third-order valence-electron chi connectivity index (χ3n) is 7.49. The zero-order chi connectivity index (χ0) is 24.4. The second-order valence-electron chi connectivity index (χ2n) is 9.43. The van der Waals surface area contributed by atoms with Crippen LogP contribution in [-0.2, 0) is 17.9 Å². The molecule has 0 saturated carbocycles. The van der Waals surface area contributed by atoms with Crippen LogP contribution in [0.2, 0.25) is 0 Å². The number of amides is 3. The average molecular weight is 480 g/mol. The van der Waals surface area contributed by atoms with Crippen molar-refractivity contribution in [3.63, 3.8) is 0 Å². The number of nitrogens with one attached hydrogen (secondary N) is 1. The highest BCUT2D eigenvalue weighted by molar-refractivity contribution is 6.07. The minimum atomic E-state index is -0.845. The summed E-state index contributed by atoms with van der Waals surface area (Å²) in [6, 6.07) is 13.4. The Labute approximate surface area is 206 Å². The molecule has 1 N–H and O–H groups in total. The van der Waals surface area contributed by atoms with Crippen LogP contribution < -0.4 is 19.5 Å². The first kappa shape index (κ1) is 23.5. The molecule has 2 aromatic rings. The van der Waals surface area contributed by atoms with E-state index in [1.807, 2.05) is 50.2 Å². The second-order valence-corrected chi connectivity index (χ2v) is 9.43. The van der Waals surface area contributed by atoms with E-state index in [1.165, 1.54) is 10.5 Å². The van der Waals surface area contributed by atoms with Gasteiger partial charge in [0, 0.05) is 12.1 Å². The third-order valence-corrected chi connectivity index (χ3v) is 7.49. The average Bonchev–Trinajstić information content (AvgIpc) is 3.44. The van der Waals surface area contributed by atoms with E-state index in [0.29, 0.717) is 24.5 Å². The standard InChI is InChI=1S/C27H33N3O5/c1-3-27(21-11-13-29(14-12-21)17-20-7-5-6-8-22(20)33-4-2)25(31)30(26(32)28-27)16-19-9-10-23-24(15-19)35-18-34-23/h5-10,15,21H,3-4,11-14,16-18H2,1-2H3,(H,28,32)/t27-/m0/s1. The van der Waals surface area contributed by atoms with Crippen LogP contribution in [0.15, 0.2) is 42.5 Å². The van der Waals surface area contributed by atoms with Gasteiger partial charge in [-0.1, -0.05) is 31.2 Å². The van der Waals surface area contributed by atoms with Crippen LogP contribution in [-0.4, -0.2) is 53.8 Å². The second kappa shape index (κ2) is 9.77. The molecule has 1 atom stereocenters. The minimum absolute atomic E-state index is 0.101. The predicted molar refractivity (Wildman–Crippen MR) is 130 cm³/mol. The van der Waals surface area contributed by atoms with Crippen molar-refractivity contribution in [2.45, 2.75) is 51.7 Å². The fourth-order valence-corrected chi connectivity index (χ4v) is 5.57. The van der Waals surface area contributed by atoms with Crippen LogP contribution in [0.3, 0.4) is 0 Å². The monoisotopic (exact) mass is 479 g/mol. The van der Waals surface area contributed by atoms with Gasteiger partial charge in [0.2, 0.25) is 6.79 Å². The summed E-state index contributed by atoms with van der Waals surface area (Å²) in [5.41, 5.74) is 1.17. The summed E-state index contributed by atoms with van der Waals surface area (Å²) in [5, 5.41) is 3.09. The Balaban J connectivity index is 1.25. The molecule has 3 aliphatic heterocycles. The number of imide groups is 1. The smallest absolute Gasteiger partial charge is 0.325 e. The van der Waals surface area contributed by atoms with Crippen LogP contribution in [0, 0.1) is 5.92 Å². The van der Waals surface area contributed by atoms with Crippen LogP contribution in [0.4, 0.5) is 4.79 Å². The van der Waals surface area contributed by atoms with Gasteiger partial charge in [-0.15, -0.1) is 0 Å². The molecule has 35 heavy (non-hydrogen) atoms. The number of fused-ring (bicyclic) bond motifs is 1. The molecule has 3 aliphatic rings. The number of hydrogen-bond donors (Lipinski definition) is 1. The Morgan fingerprint density at radius 3 is 2.57 bits per heavy atom. The first-order valence-corrected chi connectivity index (χ1v) is 12.5. The number of piperidine rings is 1. The van der Waals surface area contributed by atoms with E-state index in [1.54, 1.807) is 0 Å². The molecule has 3 amide bonds. The molecule has 2 fully saturated rings. The van der Waals surface area contributed by atoms with Gasteiger partial charge in [-0.05, 0) is 69.0 Å². The fourth-order valence-electron chi connectivity index (χ4n) is 5.57. The molecule has 8 heteroatoms. The fraction of sp³-hybridized carbons (Fsp3) is 0.481. The van der Waals surface area contributed by atoms with Gasteiger partial charge in [0.25, 0.3) is 5.91 Å². The number of benzene rings is 2. The zero-order valence-corrected chi connectivity index (χ0v) is 20.4. The molecule has 2 saturated heterocycles. The van der Waals surface area contributed by atoms with Crippen LogP contribution in [0.5, 0.6) is 17.2 Å². The molecule has 0 unspecified atom stereocenters. The van der Waals surface area contributed by atoms with Gasteiger partial charge in [0.05, 0.1) is 13.2 Å². The lowest BCUT2D eigenvalue weighted by Crippen LogP contribution is -2.55. The SMILES string of the molecule is CCOc1ccccc1CN1CCC([C@]2(CC)NC(=O)N(Cc3ccc4c(c3)OCO4)C2=O)CC1. The van der Waals surface area contributed by atoms with E-state index >= 15 is 0 Å². The highest BCUT2D eigenvalue weighted by Gasteiger charge is 2.54. The Morgan fingerprint density at radius 2 is 1.80 bits per heavy atom. The molecule has 0 spiro atoms. The van der Waals surface area contributed by atoms with Gasteiger partial charge in [-0.25, -0.2) is 4.79 Å². The molecule has 8 nitrogen and oxygen atoms in total. The summed E-state index contributed by atoms with van der Waals surface area (Å²) in [6.07, 6.45) is 2.29. The number of para-hydroxylation sites is 1. The number of carbonyl (C=O) groups excluding carboxylic acids is 2. The quantitative estimate of drug-likeness (QED) is 0.578. The lowest BCUT2D eigenvalue weighted by atomic mass is 9.75. The summed E-state index contributed by atoms with van der Waals surface area (Å²) in [6.45, 7) is 7.60. The molecule has 2 aromatic carbocycles. The van der Waals surface area contributed by atoms with Gasteiger partial charge in [-0.3, -0.25) is 14.6 Å². The van der Waals surface area contributed by atoms with E-state index in [9.17, 15) is 9.59 Å². The Hall–Kier alpha value is -3.26. The van der Waals surface area contributed by atoms with Gasteiger partial charge in [0.1, 0.15) is 11.3 Å². The topological polar surface area (TPSA) is 80.3 Å². The normalized spacial score (nSPS) is 22.5. The zero-order valence-electron chi connectivity index (χ0n) is 20.4. The van der Waals surface area contributed by atoms with Crippen molar-refractivity contribution in [1.82, 2.24) is 15.1 Å². The lowest BCUT2D eigenvalue weighted by molar-refractivity contribution is -0.134. The summed E-state index contributed by atoms with van der Waals surface area (Å²) >= 11 is 0. The lowest BCUT2D eigenvalue weighted by Gasteiger charge is -2.40. The van der Waals surface area contributed by atoms with Crippen molar-refractivity contribution >= 4 is 11.9 Å². The Kier molecular flexibility index (Phi) is 6.56. The first-order chi connectivity index (χ1) is 17.0. The number of rotatable bonds is 8. The molecule has 0 aromatic heterocycles. The van der Waals surface area contributed by atoms with Gasteiger partial charge in [0.15, 0.2) is 11.5 Å². The molecule has 186 valence electrons. The van der Waals surface area contributed by atoms with Gasteiger partial charge < -0.3 is 19.5 Å². The summed E-state index contributed by atoms with van der Waals surface area (Å²) in [5.74, 6) is 2.24.